The van der Waals surface area contributed by atoms with Gasteiger partial charge in [-0.05, 0) is 76.3 Å². The van der Waals surface area contributed by atoms with Crippen molar-refractivity contribution in [1.29, 1.82) is 0 Å². The smallest absolute Gasteiger partial charge is 0.338 e. The van der Waals surface area contributed by atoms with E-state index in [1.807, 2.05) is 6.07 Å². The number of fused-ring (bicyclic) bond motifs is 2. The molecule has 4 rings (SSSR count). The van der Waals surface area contributed by atoms with Gasteiger partial charge in [-0.2, -0.15) is 0 Å². The number of rotatable bonds is 5. The highest BCUT2D eigenvalue weighted by Crippen LogP contribution is 2.58. The number of aliphatic hydroxyl groups excluding tert-OH is 1. The molecule has 1 spiro atoms. The van der Waals surface area contributed by atoms with Crippen LogP contribution in [0.1, 0.15) is 58.9 Å². The number of carbonyl (C=O) groups excluding carboxylic acids is 1. The Labute approximate surface area is 173 Å². The maximum atomic E-state index is 12.5. The zero-order chi connectivity index (χ0) is 20.8. The largest absolute Gasteiger partial charge is 0.507 e. The molecule has 29 heavy (non-hydrogen) atoms. The molecule has 1 saturated carbocycles. The lowest BCUT2D eigenvalue weighted by atomic mass is 9.62. The number of hydrogen-bond acceptors (Lipinski definition) is 4. The van der Waals surface area contributed by atoms with Gasteiger partial charge in [0.05, 0.1) is 18.1 Å². The Morgan fingerprint density at radius 2 is 2.14 bits per heavy atom. The minimum atomic E-state index is -0.937. The zero-order valence-corrected chi connectivity index (χ0v) is 17.9. The fourth-order valence-electron chi connectivity index (χ4n) is 5.87. The predicted octanol–water partition coefficient (Wildman–Crippen LogP) is 5.91. The van der Waals surface area contributed by atoms with Crippen LogP contribution in [0.4, 0.5) is 0 Å². The summed E-state index contributed by atoms with van der Waals surface area (Å²) in [5, 5.41) is 11.1. The predicted molar refractivity (Wildman–Crippen MR) is 112 cm³/mol. The SMILES string of the molecule is CC1=C[C@@H](/C=C(\C)CCCc2ccoc2)[C@@]2(OC(=O)C(C)=C2O)[C@@H]2[C@@H](C)CC[C@@H]12. The van der Waals surface area contributed by atoms with E-state index < -0.39 is 5.60 Å². The number of esters is 1. The molecule has 156 valence electrons. The van der Waals surface area contributed by atoms with Crippen LogP contribution in [-0.2, 0) is 16.0 Å². The van der Waals surface area contributed by atoms with Crippen LogP contribution in [0.5, 0.6) is 0 Å². The van der Waals surface area contributed by atoms with Crippen LogP contribution in [-0.4, -0.2) is 16.7 Å². The van der Waals surface area contributed by atoms with Crippen molar-refractivity contribution in [1.82, 2.24) is 0 Å². The highest BCUT2D eigenvalue weighted by Gasteiger charge is 2.62. The molecule has 0 aromatic carbocycles. The van der Waals surface area contributed by atoms with Gasteiger partial charge in [0.1, 0.15) is 5.76 Å². The molecule has 1 N–H and O–H groups in total. The standard InChI is InChI=1S/C25H32O4/c1-15(6-5-7-19-10-11-28-14-19)12-20-13-17(3)21-9-8-16(2)22(21)25(20)23(26)18(4)24(27)29-25/h10-14,16,20-22,26H,5-9H2,1-4H3/b15-12+/t16-,20+,21-,22+,25+/m0/s1. The summed E-state index contributed by atoms with van der Waals surface area (Å²) in [6.07, 6.45) is 13.1. The van der Waals surface area contributed by atoms with E-state index in [1.54, 1.807) is 19.5 Å². The van der Waals surface area contributed by atoms with Crippen LogP contribution in [0.2, 0.25) is 0 Å². The molecule has 0 unspecified atom stereocenters. The molecule has 2 heterocycles. The second kappa shape index (κ2) is 7.55. The van der Waals surface area contributed by atoms with Gasteiger partial charge in [0.15, 0.2) is 5.60 Å². The Morgan fingerprint density at radius 1 is 1.34 bits per heavy atom. The third-order valence-electron chi connectivity index (χ3n) is 7.37. The summed E-state index contributed by atoms with van der Waals surface area (Å²) in [7, 11) is 0. The van der Waals surface area contributed by atoms with Gasteiger partial charge >= 0.3 is 5.97 Å². The molecule has 3 aliphatic rings. The molecular weight excluding hydrogens is 364 g/mol. The molecule has 0 bridgehead atoms. The summed E-state index contributed by atoms with van der Waals surface area (Å²) in [5.41, 5.74) is 3.27. The summed E-state index contributed by atoms with van der Waals surface area (Å²) in [6.45, 7) is 8.26. The van der Waals surface area contributed by atoms with Gasteiger partial charge in [0.2, 0.25) is 0 Å². The minimum absolute atomic E-state index is 0.125. The topological polar surface area (TPSA) is 59.7 Å². The molecule has 1 aromatic heterocycles. The molecule has 4 heteroatoms. The molecule has 0 amide bonds. The van der Waals surface area contributed by atoms with Crippen LogP contribution in [0.25, 0.3) is 0 Å². The van der Waals surface area contributed by atoms with Gasteiger partial charge < -0.3 is 14.3 Å². The lowest BCUT2D eigenvalue weighted by molar-refractivity contribution is -0.160. The summed E-state index contributed by atoms with van der Waals surface area (Å²) in [4.78, 5) is 12.5. The van der Waals surface area contributed by atoms with Gasteiger partial charge in [0, 0.05) is 11.8 Å². The summed E-state index contributed by atoms with van der Waals surface area (Å²) < 4.78 is 11.2. The van der Waals surface area contributed by atoms with Crippen molar-refractivity contribution in [3.05, 3.63) is 58.8 Å². The van der Waals surface area contributed by atoms with Crippen LogP contribution < -0.4 is 0 Å². The van der Waals surface area contributed by atoms with Gasteiger partial charge in [-0.3, -0.25) is 0 Å². The number of ether oxygens (including phenoxy) is 1. The molecule has 0 saturated heterocycles. The number of aryl methyl sites for hydroxylation is 1. The van der Waals surface area contributed by atoms with E-state index in [0.717, 1.165) is 32.1 Å². The number of carbonyl (C=O) groups is 1. The first-order valence-electron chi connectivity index (χ1n) is 10.8. The summed E-state index contributed by atoms with van der Waals surface area (Å²) in [6, 6.07) is 2.01. The van der Waals surface area contributed by atoms with Crippen molar-refractivity contribution in [3.8, 4) is 0 Å². The third kappa shape index (κ3) is 3.27. The maximum Gasteiger partial charge on any atom is 0.338 e. The van der Waals surface area contributed by atoms with Crippen molar-refractivity contribution < 1.29 is 19.1 Å². The highest BCUT2D eigenvalue weighted by molar-refractivity contribution is 5.92. The van der Waals surface area contributed by atoms with Crippen molar-refractivity contribution in [2.45, 2.75) is 65.4 Å². The number of hydrogen-bond donors (Lipinski definition) is 1. The third-order valence-corrected chi connectivity index (χ3v) is 7.37. The lowest BCUT2D eigenvalue weighted by Crippen LogP contribution is -2.52. The van der Waals surface area contributed by atoms with Gasteiger partial charge in [0.25, 0.3) is 0 Å². The van der Waals surface area contributed by atoms with E-state index in [1.165, 1.54) is 16.7 Å². The Kier molecular flexibility index (Phi) is 5.22. The molecule has 1 aliphatic heterocycles. The number of aliphatic hydroxyl groups is 1. The van der Waals surface area contributed by atoms with Gasteiger partial charge in [-0.15, -0.1) is 0 Å². The van der Waals surface area contributed by atoms with E-state index in [-0.39, 0.29) is 23.6 Å². The second-order valence-electron chi connectivity index (χ2n) is 9.28. The molecule has 1 aromatic rings. The number of furan rings is 1. The summed E-state index contributed by atoms with van der Waals surface area (Å²) in [5.74, 6) is 0.568. The van der Waals surface area contributed by atoms with Crippen LogP contribution in [0.15, 0.2) is 57.6 Å². The molecule has 5 atom stereocenters. The van der Waals surface area contributed by atoms with Crippen molar-refractivity contribution in [3.63, 3.8) is 0 Å². The normalized spacial score (nSPS) is 34.6. The molecule has 0 radical (unpaired) electrons. The fraction of sp³-hybridized carbons (Fsp3) is 0.560. The fourth-order valence-corrected chi connectivity index (χ4v) is 5.87. The average Bonchev–Trinajstić information content (AvgIpc) is 3.38. The van der Waals surface area contributed by atoms with Crippen LogP contribution >= 0.6 is 0 Å². The first-order chi connectivity index (χ1) is 13.8. The first-order valence-corrected chi connectivity index (χ1v) is 10.8. The Balaban J connectivity index is 1.64. The molecule has 2 aliphatic carbocycles. The van der Waals surface area contributed by atoms with Crippen molar-refractivity contribution >= 4 is 5.97 Å². The second-order valence-corrected chi connectivity index (χ2v) is 9.28. The first kappa shape index (κ1) is 20.1. The average molecular weight is 397 g/mol. The highest BCUT2D eigenvalue weighted by atomic mass is 16.6. The maximum absolute atomic E-state index is 12.5. The van der Waals surface area contributed by atoms with Crippen LogP contribution in [0.3, 0.4) is 0 Å². The number of allylic oxidation sites excluding steroid dienone is 2. The van der Waals surface area contributed by atoms with E-state index in [9.17, 15) is 9.90 Å². The Bertz CT molecular complexity index is 873. The lowest BCUT2D eigenvalue weighted by Gasteiger charge is -2.46. The van der Waals surface area contributed by atoms with Crippen molar-refractivity contribution in [2.24, 2.45) is 23.7 Å². The summed E-state index contributed by atoms with van der Waals surface area (Å²) >= 11 is 0. The quantitative estimate of drug-likeness (QED) is 0.496. The molecule has 4 nitrogen and oxygen atoms in total. The molecule has 1 fully saturated rings. The minimum Gasteiger partial charge on any atom is -0.507 e. The van der Waals surface area contributed by atoms with Gasteiger partial charge in [-0.25, -0.2) is 4.79 Å². The van der Waals surface area contributed by atoms with Crippen molar-refractivity contribution in [2.75, 3.05) is 0 Å². The molecular formula is C25H32O4. The zero-order valence-electron chi connectivity index (χ0n) is 17.9. The Morgan fingerprint density at radius 3 is 2.79 bits per heavy atom. The van der Waals surface area contributed by atoms with E-state index >= 15 is 0 Å². The van der Waals surface area contributed by atoms with E-state index in [4.69, 9.17) is 9.15 Å². The van der Waals surface area contributed by atoms with E-state index in [2.05, 4.69) is 32.9 Å². The monoisotopic (exact) mass is 396 g/mol. The van der Waals surface area contributed by atoms with E-state index in [0.29, 0.717) is 17.4 Å². The van der Waals surface area contributed by atoms with Crippen LogP contribution in [0, 0.1) is 23.7 Å². The Hall–Kier alpha value is -2.23. The van der Waals surface area contributed by atoms with Gasteiger partial charge in [-0.1, -0.05) is 30.2 Å².